The molecule has 35 heavy (non-hydrogen) atoms. The molecule has 0 aliphatic heterocycles. The lowest BCUT2D eigenvalue weighted by Crippen LogP contribution is -2.13. The van der Waals surface area contributed by atoms with E-state index in [9.17, 15) is 4.79 Å². The third-order valence-corrected chi connectivity index (χ3v) is 7.51. The number of rotatable bonds is 14. The van der Waals surface area contributed by atoms with Gasteiger partial charge in [0.2, 0.25) is 0 Å². The highest BCUT2D eigenvalue weighted by molar-refractivity contribution is 5.91. The van der Waals surface area contributed by atoms with Crippen molar-refractivity contribution in [3.05, 3.63) is 77.4 Å². The van der Waals surface area contributed by atoms with E-state index < -0.39 is 0 Å². The molecule has 2 heteroatoms. The maximum absolute atomic E-state index is 12.5. The number of unbranched alkanes of at least 4 members (excludes halogenated alkanes) is 4. The second-order valence-electron chi connectivity index (χ2n) is 10.4. The van der Waals surface area contributed by atoms with Crippen LogP contribution >= 0.6 is 0 Å². The first-order chi connectivity index (χ1) is 17.2. The maximum atomic E-state index is 12.5. The molecule has 2 nitrogen and oxygen atoms in total. The van der Waals surface area contributed by atoms with Crippen LogP contribution in [0.3, 0.4) is 0 Å². The van der Waals surface area contributed by atoms with E-state index in [1.54, 1.807) is 0 Å². The molecule has 2 aromatic rings. The van der Waals surface area contributed by atoms with E-state index in [1.807, 2.05) is 24.3 Å². The van der Waals surface area contributed by atoms with Crippen molar-refractivity contribution in [3.8, 4) is 5.75 Å². The topological polar surface area (TPSA) is 26.3 Å². The highest BCUT2D eigenvalue weighted by Gasteiger charge is 2.18. The van der Waals surface area contributed by atoms with E-state index in [-0.39, 0.29) is 5.97 Å². The summed E-state index contributed by atoms with van der Waals surface area (Å²) in [6.07, 6.45) is 22.8. The van der Waals surface area contributed by atoms with Gasteiger partial charge in [-0.05, 0) is 98.6 Å². The molecular formula is C33H46O2. The Hall–Kier alpha value is -2.35. The summed E-state index contributed by atoms with van der Waals surface area (Å²) in [4.78, 5) is 12.5. The molecule has 0 amide bonds. The molecule has 0 heterocycles. The monoisotopic (exact) mass is 474 g/mol. The molecule has 0 N–H and O–H groups in total. The van der Waals surface area contributed by atoms with Crippen molar-refractivity contribution < 1.29 is 9.53 Å². The minimum Gasteiger partial charge on any atom is -0.423 e. The molecule has 1 aliphatic carbocycles. The van der Waals surface area contributed by atoms with Crippen LogP contribution in [0.2, 0.25) is 0 Å². The molecule has 0 atom stereocenters. The SMILES string of the molecule is CCCCCc1ccc(OC(=O)c2ccc(CCC=CC3CCC(CCCCC)CC3)cc2)cc1. The number of benzene rings is 2. The zero-order chi connectivity index (χ0) is 24.7. The highest BCUT2D eigenvalue weighted by atomic mass is 16.5. The summed E-state index contributed by atoms with van der Waals surface area (Å²) in [5.41, 5.74) is 3.17. The largest absolute Gasteiger partial charge is 0.423 e. The van der Waals surface area contributed by atoms with Gasteiger partial charge in [0.25, 0.3) is 0 Å². The summed E-state index contributed by atoms with van der Waals surface area (Å²) in [6.45, 7) is 4.51. The van der Waals surface area contributed by atoms with Crippen LogP contribution in [0.4, 0.5) is 0 Å². The third kappa shape index (κ3) is 10.0. The molecule has 3 rings (SSSR count). The molecule has 190 valence electrons. The van der Waals surface area contributed by atoms with Gasteiger partial charge in [-0.15, -0.1) is 0 Å². The molecule has 0 unspecified atom stereocenters. The van der Waals surface area contributed by atoms with E-state index in [1.165, 1.54) is 81.8 Å². The smallest absolute Gasteiger partial charge is 0.343 e. The van der Waals surface area contributed by atoms with Crippen LogP contribution in [-0.2, 0) is 12.8 Å². The lowest BCUT2D eigenvalue weighted by atomic mass is 9.79. The van der Waals surface area contributed by atoms with Gasteiger partial charge in [0.1, 0.15) is 5.75 Å². The molecule has 1 saturated carbocycles. The number of carbonyl (C=O) groups excluding carboxylic acids is 1. The first-order valence-electron chi connectivity index (χ1n) is 14.2. The van der Waals surface area contributed by atoms with Crippen molar-refractivity contribution in [1.29, 1.82) is 0 Å². The second-order valence-corrected chi connectivity index (χ2v) is 10.4. The van der Waals surface area contributed by atoms with Crippen molar-refractivity contribution >= 4 is 5.97 Å². The number of aryl methyl sites for hydroxylation is 2. The standard InChI is InChI=1S/C33H46O2/c1-3-5-7-11-27-15-17-28(18-16-27)13-9-10-14-29-19-23-31(24-20-29)33(34)35-32-25-21-30(22-26-32)12-8-6-4-2/h9,13,19-28H,3-8,10-12,14-18H2,1-2H3. The maximum Gasteiger partial charge on any atom is 0.343 e. The number of hydrogen-bond donors (Lipinski definition) is 0. The molecule has 0 saturated heterocycles. The predicted octanol–water partition coefficient (Wildman–Crippen LogP) is 9.51. The van der Waals surface area contributed by atoms with Gasteiger partial charge < -0.3 is 4.74 Å². The van der Waals surface area contributed by atoms with Crippen LogP contribution in [0.1, 0.15) is 112 Å². The van der Waals surface area contributed by atoms with Crippen molar-refractivity contribution in [2.45, 2.75) is 104 Å². The Labute approximate surface area is 214 Å². The van der Waals surface area contributed by atoms with Crippen LogP contribution in [0.5, 0.6) is 5.75 Å². The van der Waals surface area contributed by atoms with Crippen LogP contribution in [0.15, 0.2) is 60.7 Å². The highest BCUT2D eigenvalue weighted by Crippen LogP contribution is 2.32. The number of allylic oxidation sites excluding steroid dienone is 2. The first-order valence-corrected chi connectivity index (χ1v) is 14.2. The van der Waals surface area contributed by atoms with Gasteiger partial charge >= 0.3 is 5.97 Å². The fourth-order valence-electron chi connectivity index (χ4n) is 5.17. The zero-order valence-corrected chi connectivity index (χ0v) is 22.1. The van der Waals surface area contributed by atoms with Gasteiger partial charge in [0.05, 0.1) is 5.56 Å². The second kappa shape index (κ2) is 15.6. The van der Waals surface area contributed by atoms with Gasteiger partial charge in [0.15, 0.2) is 0 Å². The average molecular weight is 475 g/mol. The molecule has 1 aliphatic rings. The number of esters is 1. The molecule has 0 aromatic heterocycles. The fraction of sp³-hybridized carbons (Fsp3) is 0.545. The van der Waals surface area contributed by atoms with Crippen LogP contribution in [-0.4, -0.2) is 5.97 Å². The Morgan fingerprint density at radius 1 is 0.800 bits per heavy atom. The van der Waals surface area contributed by atoms with E-state index in [2.05, 4.69) is 50.3 Å². The van der Waals surface area contributed by atoms with E-state index in [0.29, 0.717) is 11.3 Å². The normalized spacial score (nSPS) is 18.1. The van der Waals surface area contributed by atoms with Crippen LogP contribution in [0.25, 0.3) is 0 Å². The zero-order valence-electron chi connectivity index (χ0n) is 22.1. The molecular weight excluding hydrogens is 428 g/mol. The summed E-state index contributed by atoms with van der Waals surface area (Å²) < 4.78 is 5.57. The minimum absolute atomic E-state index is 0.291. The minimum atomic E-state index is -0.291. The van der Waals surface area contributed by atoms with Gasteiger partial charge in [-0.3, -0.25) is 0 Å². The van der Waals surface area contributed by atoms with E-state index in [4.69, 9.17) is 4.74 Å². The van der Waals surface area contributed by atoms with E-state index >= 15 is 0 Å². The fourth-order valence-corrected chi connectivity index (χ4v) is 5.17. The van der Waals surface area contributed by atoms with Crippen molar-refractivity contribution in [2.75, 3.05) is 0 Å². The van der Waals surface area contributed by atoms with Gasteiger partial charge in [0, 0.05) is 0 Å². The van der Waals surface area contributed by atoms with Crippen LogP contribution < -0.4 is 4.74 Å². The Morgan fingerprint density at radius 3 is 2.11 bits per heavy atom. The lowest BCUT2D eigenvalue weighted by Gasteiger charge is -2.26. The summed E-state index contributed by atoms with van der Waals surface area (Å²) >= 11 is 0. The predicted molar refractivity (Wildman–Crippen MR) is 148 cm³/mol. The summed E-state index contributed by atoms with van der Waals surface area (Å²) in [6, 6.07) is 15.8. The van der Waals surface area contributed by atoms with Crippen molar-refractivity contribution in [3.63, 3.8) is 0 Å². The summed E-state index contributed by atoms with van der Waals surface area (Å²) in [5, 5.41) is 0. The summed E-state index contributed by atoms with van der Waals surface area (Å²) in [7, 11) is 0. The van der Waals surface area contributed by atoms with E-state index in [0.717, 1.165) is 31.1 Å². The quantitative estimate of drug-likeness (QED) is 0.118. The van der Waals surface area contributed by atoms with Gasteiger partial charge in [-0.2, -0.15) is 0 Å². The molecule has 1 fully saturated rings. The van der Waals surface area contributed by atoms with Crippen molar-refractivity contribution in [2.24, 2.45) is 11.8 Å². The Balaban J connectivity index is 1.35. The molecule has 2 aromatic carbocycles. The van der Waals surface area contributed by atoms with Gasteiger partial charge in [-0.1, -0.05) is 88.8 Å². The number of ether oxygens (including phenoxy) is 1. The Bertz CT molecular complexity index is 870. The van der Waals surface area contributed by atoms with Crippen LogP contribution in [0, 0.1) is 11.8 Å². The molecule has 0 radical (unpaired) electrons. The lowest BCUT2D eigenvalue weighted by molar-refractivity contribution is 0.0734. The molecule has 0 spiro atoms. The molecule has 0 bridgehead atoms. The van der Waals surface area contributed by atoms with Gasteiger partial charge in [-0.25, -0.2) is 4.79 Å². The number of hydrogen-bond acceptors (Lipinski definition) is 2. The average Bonchev–Trinajstić information content (AvgIpc) is 2.89. The Morgan fingerprint density at radius 2 is 1.43 bits per heavy atom. The third-order valence-electron chi connectivity index (χ3n) is 7.51. The van der Waals surface area contributed by atoms with Crippen molar-refractivity contribution in [1.82, 2.24) is 0 Å². The number of carbonyl (C=O) groups is 1. The Kier molecular flexibility index (Phi) is 12.1. The first kappa shape index (κ1) is 27.2. The summed E-state index contributed by atoms with van der Waals surface area (Å²) in [5.74, 6) is 2.07.